The third-order valence-corrected chi connectivity index (χ3v) is 7.42. The highest BCUT2D eigenvalue weighted by Crippen LogP contribution is 2.36. The third kappa shape index (κ3) is 5.67. The Morgan fingerprint density at radius 2 is 2.06 bits per heavy atom. The van der Waals surface area contributed by atoms with Gasteiger partial charge in [0.2, 0.25) is 0 Å². The second-order valence-electron chi connectivity index (χ2n) is 9.47. The molecule has 1 aromatic heterocycles. The van der Waals surface area contributed by atoms with E-state index in [4.69, 9.17) is 9.47 Å². The number of H-pyrrole nitrogens is 1. The number of rotatable bonds is 9. The number of aromatic nitrogens is 1. The number of morpholine rings is 1. The number of carbonyl (C=O) groups excluding carboxylic acids is 1. The third-order valence-electron chi connectivity index (χ3n) is 7.42. The summed E-state index contributed by atoms with van der Waals surface area (Å²) in [6, 6.07) is 15.6. The first-order valence-electron chi connectivity index (χ1n) is 12.7. The predicted molar refractivity (Wildman–Crippen MR) is 139 cm³/mol. The maximum atomic E-state index is 11.5. The molecule has 1 aliphatic heterocycles. The molecule has 1 fully saturated rings. The number of fused-ring (bicyclic) bond motifs is 2. The summed E-state index contributed by atoms with van der Waals surface area (Å²) in [6.45, 7) is 6.87. The molecule has 2 heterocycles. The minimum absolute atomic E-state index is 0.324. The van der Waals surface area contributed by atoms with Gasteiger partial charge in [0.25, 0.3) is 0 Å². The standard InChI is InChI=1S/C29H35N3O3/c1-34-29(33)11-7-22-6-9-26-23(20-22)8-10-28(26)32(15-14-31-16-18-35-19-17-31)13-12-24-21-30-27-5-3-2-4-25(24)27/h2-7,9,11,20-21,28,30H,8,10,12-19H2,1H3. The van der Waals surface area contributed by atoms with E-state index in [-0.39, 0.29) is 5.97 Å². The van der Waals surface area contributed by atoms with Gasteiger partial charge in [0.15, 0.2) is 0 Å². The largest absolute Gasteiger partial charge is 0.466 e. The van der Waals surface area contributed by atoms with Crippen LogP contribution in [-0.2, 0) is 27.1 Å². The van der Waals surface area contributed by atoms with Gasteiger partial charge in [-0.2, -0.15) is 0 Å². The van der Waals surface area contributed by atoms with E-state index in [0.717, 1.165) is 70.8 Å². The second kappa shape index (κ2) is 11.2. The molecule has 0 saturated carbocycles. The summed E-state index contributed by atoms with van der Waals surface area (Å²) in [5.41, 5.74) is 6.47. The summed E-state index contributed by atoms with van der Waals surface area (Å²) in [7, 11) is 1.40. The number of benzene rings is 2. The molecule has 1 N–H and O–H groups in total. The molecule has 184 valence electrons. The molecular formula is C29H35N3O3. The van der Waals surface area contributed by atoms with Crippen LogP contribution >= 0.6 is 0 Å². The lowest BCUT2D eigenvalue weighted by molar-refractivity contribution is -0.134. The number of hydrogen-bond acceptors (Lipinski definition) is 5. The minimum atomic E-state index is -0.324. The fraction of sp³-hybridized carbons (Fsp3) is 0.414. The zero-order valence-corrected chi connectivity index (χ0v) is 20.5. The summed E-state index contributed by atoms with van der Waals surface area (Å²) < 4.78 is 10.3. The van der Waals surface area contributed by atoms with Crippen LogP contribution in [0.1, 0.15) is 34.7 Å². The van der Waals surface area contributed by atoms with Crippen LogP contribution in [0.5, 0.6) is 0 Å². The highest BCUT2D eigenvalue weighted by Gasteiger charge is 2.28. The van der Waals surface area contributed by atoms with Crippen LogP contribution in [0, 0.1) is 0 Å². The Morgan fingerprint density at radius 3 is 2.91 bits per heavy atom. The first kappa shape index (κ1) is 23.8. The van der Waals surface area contributed by atoms with Crippen LogP contribution in [0.2, 0.25) is 0 Å². The Kier molecular flexibility index (Phi) is 7.62. The minimum Gasteiger partial charge on any atom is -0.466 e. The molecule has 6 nitrogen and oxygen atoms in total. The summed E-state index contributed by atoms with van der Waals surface area (Å²) in [4.78, 5) is 20.1. The van der Waals surface area contributed by atoms with E-state index in [2.05, 4.69) is 63.4 Å². The molecule has 5 rings (SSSR count). The van der Waals surface area contributed by atoms with Gasteiger partial charge >= 0.3 is 5.97 Å². The van der Waals surface area contributed by atoms with Crippen molar-refractivity contribution in [2.24, 2.45) is 0 Å². The molecule has 1 aliphatic carbocycles. The molecule has 0 amide bonds. The fourth-order valence-electron chi connectivity index (χ4n) is 5.45. The molecule has 1 unspecified atom stereocenters. The molecule has 35 heavy (non-hydrogen) atoms. The van der Waals surface area contributed by atoms with Crippen molar-refractivity contribution in [1.82, 2.24) is 14.8 Å². The maximum Gasteiger partial charge on any atom is 0.330 e. The van der Waals surface area contributed by atoms with Gasteiger partial charge in [0.1, 0.15) is 0 Å². The zero-order chi connectivity index (χ0) is 24.0. The maximum absolute atomic E-state index is 11.5. The van der Waals surface area contributed by atoms with Crippen LogP contribution in [0.3, 0.4) is 0 Å². The van der Waals surface area contributed by atoms with E-state index in [1.165, 1.54) is 40.8 Å². The Hall–Kier alpha value is -2.93. The summed E-state index contributed by atoms with van der Waals surface area (Å²) >= 11 is 0. The quantitative estimate of drug-likeness (QED) is 0.373. The average molecular weight is 474 g/mol. The number of para-hydroxylation sites is 1. The van der Waals surface area contributed by atoms with Crippen LogP contribution in [0.4, 0.5) is 0 Å². The molecule has 0 spiro atoms. The number of esters is 1. The molecule has 1 atom stereocenters. The van der Waals surface area contributed by atoms with Gasteiger partial charge in [-0.25, -0.2) is 4.79 Å². The predicted octanol–water partition coefficient (Wildman–Crippen LogP) is 4.22. The van der Waals surface area contributed by atoms with Gasteiger partial charge in [0.05, 0.1) is 20.3 Å². The van der Waals surface area contributed by atoms with Gasteiger partial charge in [-0.1, -0.05) is 36.4 Å². The van der Waals surface area contributed by atoms with Crippen molar-refractivity contribution in [2.75, 3.05) is 53.0 Å². The van der Waals surface area contributed by atoms with Crippen molar-refractivity contribution in [3.8, 4) is 0 Å². The number of aryl methyl sites for hydroxylation is 1. The number of ether oxygens (including phenoxy) is 2. The van der Waals surface area contributed by atoms with Crippen molar-refractivity contribution in [2.45, 2.75) is 25.3 Å². The smallest absolute Gasteiger partial charge is 0.330 e. The zero-order valence-electron chi connectivity index (χ0n) is 20.5. The van der Waals surface area contributed by atoms with Crippen molar-refractivity contribution in [1.29, 1.82) is 0 Å². The fourth-order valence-corrected chi connectivity index (χ4v) is 5.45. The summed E-state index contributed by atoms with van der Waals surface area (Å²) in [5.74, 6) is -0.324. The van der Waals surface area contributed by atoms with Gasteiger partial charge < -0.3 is 14.5 Å². The number of methoxy groups -OCH3 is 1. The molecule has 1 saturated heterocycles. The van der Waals surface area contributed by atoms with E-state index in [1.54, 1.807) is 0 Å². The SMILES string of the molecule is COC(=O)C=Cc1ccc2c(c1)CCC2N(CCc1c[nH]c2ccccc12)CCN1CCOCC1. The molecule has 0 radical (unpaired) electrons. The number of nitrogens with one attached hydrogen (secondary N) is 1. The molecule has 6 heteroatoms. The number of nitrogens with zero attached hydrogens (tertiary/aromatic N) is 2. The van der Waals surface area contributed by atoms with Crippen LogP contribution < -0.4 is 0 Å². The molecular weight excluding hydrogens is 438 g/mol. The Bertz CT molecular complexity index is 1180. The Balaban J connectivity index is 1.32. The van der Waals surface area contributed by atoms with Crippen molar-refractivity contribution in [3.63, 3.8) is 0 Å². The first-order valence-corrected chi connectivity index (χ1v) is 12.7. The van der Waals surface area contributed by atoms with E-state index < -0.39 is 0 Å². The molecule has 2 aliphatic rings. The van der Waals surface area contributed by atoms with Crippen LogP contribution in [0.15, 0.2) is 54.7 Å². The van der Waals surface area contributed by atoms with Gasteiger partial charge in [0, 0.05) is 61.9 Å². The van der Waals surface area contributed by atoms with Crippen molar-refractivity contribution < 1.29 is 14.3 Å². The molecule has 3 aromatic rings. The van der Waals surface area contributed by atoms with E-state index in [9.17, 15) is 4.79 Å². The normalized spacial score (nSPS) is 18.5. The highest BCUT2D eigenvalue weighted by atomic mass is 16.5. The second-order valence-corrected chi connectivity index (χ2v) is 9.47. The van der Waals surface area contributed by atoms with Gasteiger partial charge in [-0.3, -0.25) is 9.80 Å². The van der Waals surface area contributed by atoms with E-state index in [1.807, 2.05) is 6.08 Å². The van der Waals surface area contributed by atoms with Crippen LogP contribution in [0.25, 0.3) is 17.0 Å². The lowest BCUT2D eigenvalue weighted by Crippen LogP contribution is -2.42. The van der Waals surface area contributed by atoms with Gasteiger partial charge in [-0.15, -0.1) is 0 Å². The number of carbonyl (C=O) groups is 1. The molecule has 0 bridgehead atoms. The summed E-state index contributed by atoms with van der Waals surface area (Å²) in [5, 5.41) is 1.33. The first-order chi connectivity index (χ1) is 17.2. The van der Waals surface area contributed by atoms with E-state index >= 15 is 0 Å². The Morgan fingerprint density at radius 1 is 1.20 bits per heavy atom. The molecule has 2 aromatic carbocycles. The lowest BCUT2D eigenvalue weighted by atomic mass is 10.0. The van der Waals surface area contributed by atoms with E-state index in [0.29, 0.717) is 6.04 Å². The van der Waals surface area contributed by atoms with Crippen LogP contribution in [-0.4, -0.2) is 73.8 Å². The number of aromatic amines is 1. The monoisotopic (exact) mass is 473 g/mol. The topological polar surface area (TPSA) is 57.8 Å². The Labute approximate surface area is 207 Å². The average Bonchev–Trinajstić information content (AvgIpc) is 3.52. The number of hydrogen-bond donors (Lipinski definition) is 1. The van der Waals surface area contributed by atoms with Gasteiger partial charge in [-0.05, 0) is 53.7 Å². The lowest BCUT2D eigenvalue weighted by Gasteiger charge is -2.33. The van der Waals surface area contributed by atoms with Crippen molar-refractivity contribution in [3.05, 3.63) is 77.0 Å². The highest BCUT2D eigenvalue weighted by molar-refractivity contribution is 5.87. The van der Waals surface area contributed by atoms with Crippen molar-refractivity contribution >= 4 is 22.9 Å². The summed E-state index contributed by atoms with van der Waals surface area (Å²) in [6.07, 6.45) is 8.74.